The average Bonchev–Trinajstić information content (AvgIpc) is 3.03. The molecule has 1 amide bonds. The van der Waals surface area contributed by atoms with E-state index < -0.39 is 6.04 Å². The summed E-state index contributed by atoms with van der Waals surface area (Å²) in [7, 11) is 1.35. The van der Waals surface area contributed by atoms with Crippen molar-refractivity contribution in [3.63, 3.8) is 0 Å². The van der Waals surface area contributed by atoms with Gasteiger partial charge in [-0.2, -0.15) is 0 Å². The molecule has 2 saturated carbocycles. The lowest BCUT2D eigenvalue weighted by molar-refractivity contribution is -0.147. The zero-order valence-corrected chi connectivity index (χ0v) is 12.6. The van der Waals surface area contributed by atoms with Crippen molar-refractivity contribution in [3.8, 4) is 0 Å². The first-order chi connectivity index (χ1) is 9.49. The minimum Gasteiger partial charge on any atom is -0.467 e. The van der Waals surface area contributed by atoms with Crippen molar-refractivity contribution in [3.05, 3.63) is 0 Å². The molecule has 114 valence electrons. The van der Waals surface area contributed by atoms with Crippen molar-refractivity contribution in [2.24, 2.45) is 29.4 Å². The van der Waals surface area contributed by atoms with Crippen molar-refractivity contribution in [2.75, 3.05) is 7.11 Å². The van der Waals surface area contributed by atoms with Crippen molar-refractivity contribution in [2.45, 2.75) is 51.6 Å². The molecular formula is C15H26N2O3. The number of fused-ring (bicyclic) bond motifs is 2. The zero-order chi connectivity index (χ0) is 14.9. The van der Waals surface area contributed by atoms with E-state index >= 15 is 0 Å². The monoisotopic (exact) mass is 282 g/mol. The van der Waals surface area contributed by atoms with Gasteiger partial charge >= 0.3 is 5.97 Å². The van der Waals surface area contributed by atoms with Crippen LogP contribution in [0.25, 0.3) is 0 Å². The summed E-state index contributed by atoms with van der Waals surface area (Å²) in [5.74, 6) is 0.358. The van der Waals surface area contributed by atoms with Gasteiger partial charge < -0.3 is 15.8 Å². The number of rotatable bonds is 5. The van der Waals surface area contributed by atoms with Crippen LogP contribution in [0.4, 0.5) is 0 Å². The number of hydrogen-bond donors (Lipinski definition) is 2. The SMILES string of the molecule is CCC(C)C(NC(=O)C1C2CCC(C2)C1N)C(=O)OC. The van der Waals surface area contributed by atoms with Crippen LogP contribution in [0.2, 0.25) is 0 Å². The highest BCUT2D eigenvalue weighted by Crippen LogP contribution is 2.47. The number of hydrogen-bond acceptors (Lipinski definition) is 4. The Kier molecular flexibility index (Phi) is 4.68. The first kappa shape index (κ1) is 15.3. The molecule has 0 aromatic carbocycles. The second-order valence-corrected chi connectivity index (χ2v) is 6.33. The molecule has 0 heterocycles. The summed E-state index contributed by atoms with van der Waals surface area (Å²) >= 11 is 0. The highest BCUT2D eigenvalue weighted by molar-refractivity contribution is 5.86. The normalized spacial score (nSPS) is 34.6. The molecule has 2 rings (SSSR count). The molecule has 2 bridgehead atoms. The fourth-order valence-corrected chi connectivity index (χ4v) is 3.77. The van der Waals surface area contributed by atoms with Crippen molar-refractivity contribution >= 4 is 11.9 Å². The second-order valence-electron chi connectivity index (χ2n) is 6.33. The third-order valence-electron chi connectivity index (χ3n) is 5.25. The van der Waals surface area contributed by atoms with Crippen LogP contribution in [0, 0.1) is 23.7 Å². The molecule has 0 aromatic rings. The first-order valence-electron chi connectivity index (χ1n) is 7.63. The van der Waals surface area contributed by atoms with Gasteiger partial charge in [-0.25, -0.2) is 4.79 Å². The summed E-state index contributed by atoms with van der Waals surface area (Å²) in [6.07, 6.45) is 4.10. The van der Waals surface area contributed by atoms with Crippen LogP contribution in [0.3, 0.4) is 0 Å². The van der Waals surface area contributed by atoms with Gasteiger partial charge in [-0.15, -0.1) is 0 Å². The smallest absolute Gasteiger partial charge is 0.328 e. The number of nitrogens with two attached hydrogens (primary N) is 1. The number of esters is 1. The van der Waals surface area contributed by atoms with E-state index in [0.29, 0.717) is 11.8 Å². The molecule has 6 atom stereocenters. The number of ether oxygens (including phenoxy) is 1. The number of carbonyl (C=O) groups is 2. The molecule has 20 heavy (non-hydrogen) atoms. The summed E-state index contributed by atoms with van der Waals surface area (Å²) in [6, 6.07) is -0.618. The minimum atomic E-state index is -0.566. The molecule has 0 aromatic heterocycles. The molecule has 0 saturated heterocycles. The average molecular weight is 282 g/mol. The first-order valence-corrected chi connectivity index (χ1v) is 7.63. The quantitative estimate of drug-likeness (QED) is 0.739. The Morgan fingerprint density at radius 2 is 2.00 bits per heavy atom. The zero-order valence-electron chi connectivity index (χ0n) is 12.6. The molecule has 5 heteroatoms. The third-order valence-corrected chi connectivity index (χ3v) is 5.25. The fraction of sp³-hybridized carbons (Fsp3) is 0.867. The second kappa shape index (κ2) is 6.12. The van der Waals surface area contributed by atoms with E-state index in [1.807, 2.05) is 13.8 Å². The number of carbonyl (C=O) groups excluding carboxylic acids is 2. The maximum atomic E-state index is 12.5. The number of methoxy groups -OCH3 is 1. The molecule has 5 nitrogen and oxygen atoms in total. The maximum absolute atomic E-state index is 12.5. The van der Waals surface area contributed by atoms with Crippen LogP contribution in [0.5, 0.6) is 0 Å². The summed E-state index contributed by atoms with van der Waals surface area (Å²) in [6.45, 7) is 3.94. The van der Waals surface area contributed by atoms with Crippen molar-refractivity contribution in [1.82, 2.24) is 5.32 Å². The van der Waals surface area contributed by atoms with Gasteiger partial charge in [0.2, 0.25) is 5.91 Å². The summed E-state index contributed by atoms with van der Waals surface area (Å²) < 4.78 is 4.80. The third kappa shape index (κ3) is 2.68. The van der Waals surface area contributed by atoms with Crippen LogP contribution in [-0.2, 0) is 14.3 Å². The van der Waals surface area contributed by atoms with Gasteiger partial charge in [-0.05, 0) is 37.0 Å². The maximum Gasteiger partial charge on any atom is 0.328 e. The standard InChI is InChI=1S/C15H26N2O3/c1-4-8(2)13(15(19)20-3)17-14(18)11-9-5-6-10(7-9)12(11)16/h8-13H,4-7,16H2,1-3H3,(H,17,18). The van der Waals surface area contributed by atoms with E-state index in [1.54, 1.807) is 0 Å². The Labute approximate surface area is 120 Å². The Hall–Kier alpha value is -1.10. The molecule has 0 aliphatic heterocycles. The van der Waals surface area contributed by atoms with Gasteiger partial charge in [-0.3, -0.25) is 4.79 Å². The van der Waals surface area contributed by atoms with E-state index in [9.17, 15) is 9.59 Å². The number of nitrogens with one attached hydrogen (secondary N) is 1. The lowest BCUT2D eigenvalue weighted by atomic mass is 9.84. The molecular weight excluding hydrogens is 256 g/mol. The van der Waals surface area contributed by atoms with Crippen LogP contribution >= 0.6 is 0 Å². The van der Waals surface area contributed by atoms with Gasteiger partial charge in [0.1, 0.15) is 6.04 Å². The largest absolute Gasteiger partial charge is 0.467 e. The number of amides is 1. The summed E-state index contributed by atoms with van der Waals surface area (Å²) in [5.41, 5.74) is 6.18. The molecule has 2 aliphatic rings. The summed E-state index contributed by atoms with van der Waals surface area (Å²) in [4.78, 5) is 24.3. The lowest BCUT2D eigenvalue weighted by Crippen LogP contribution is -2.52. The Morgan fingerprint density at radius 1 is 1.35 bits per heavy atom. The fourth-order valence-electron chi connectivity index (χ4n) is 3.77. The molecule has 2 aliphatic carbocycles. The Balaban J connectivity index is 2.03. The predicted molar refractivity (Wildman–Crippen MR) is 75.7 cm³/mol. The van der Waals surface area contributed by atoms with E-state index in [-0.39, 0.29) is 29.8 Å². The molecule has 6 unspecified atom stereocenters. The van der Waals surface area contributed by atoms with Crippen LogP contribution < -0.4 is 11.1 Å². The molecule has 2 fully saturated rings. The van der Waals surface area contributed by atoms with E-state index in [2.05, 4.69) is 5.32 Å². The minimum absolute atomic E-state index is 0.0519. The highest BCUT2D eigenvalue weighted by atomic mass is 16.5. The van der Waals surface area contributed by atoms with E-state index in [1.165, 1.54) is 7.11 Å². The van der Waals surface area contributed by atoms with Crippen LogP contribution in [0.15, 0.2) is 0 Å². The predicted octanol–water partition coefficient (Wildman–Crippen LogP) is 1.06. The van der Waals surface area contributed by atoms with Crippen molar-refractivity contribution < 1.29 is 14.3 Å². The molecule has 0 radical (unpaired) electrons. The van der Waals surface area contributed by atoms with Gasteiger partial charge in [0.15, 0.2) is 0 Å². The van der Waals surface area contributed by atoms with E-state index in [0.717, 1.165) is 25.7 Å². The highest BCUT2D eigenvalue weighted by Gasteiger charge is 2.49. The molecule has 3 N–H and O–H groups in total. The van der Waals surface area contributed by atoms with Gasteiger partial charge in [0, 0.05) is 6.04 Å². The van der Waals surface area contributed by atoms with Gasteiger partial charge in [-0.1, -0.05) is 20.3 Å². The topological polar surface area (TPSA) is 81.4 Å². The molecule has 0 spiro atoms. The van der Waals surface area contributed by atoms with Crippen molar-refractivity contribution in [1.29, 1.82) is 0 Å². The Morgan fingerprint density at radius 3 is 2.50 bits per heavy atom. The van der Waals surface area contributed by atoms with Gasteiger partial charge in [0.05, 0.1) is 13.0 Å². The summed E-state index contributed by atoms with van der Waals surface area (Å²) in [5, 5.41) is 2.88. The van der Waals surface area contributed by atoms with Crippen LogP contribution in [0.1, 0.15) is 39.5 Å². The Bertz CT molecular complexity index is 383. The van der Waals surface area contributed by atoms with E-state index in [4.69, 9.17) is 10.5 Å². The van der Waals surface area contributed by atoms with Crippen LogP contribution in [-0.4, -0.2) is 31.1 Å². The van der Waals surface area contributed by atoms with Gasteiger partial charge in [0.25, 0.3) is 0 Å². The lowest BCUT2D eigenvalue weighted by Gasteiger charge is -2.30.